The molecule has 1 amide bonds. The second kappa shape index (κ2) is 6.63. The van der Waals surface area contributed by atoms with Gasteiger partial charge in [-0.2, -0.15) is 11.3 Å². The number of nitrogens with one attached hydrogen (secondary N) is 1. The van der Waals surface area contributed by atoms with E-state index in [1.54, 1.807) is 28.2 Å². The predicted octanol–water partition coefficient (Wildman–Crippen LogP) is 2.40. The summed E-state index contributed by atoms with van der Waals surface area (Å²) in [7, 11) is 0. The third-order valence-electron chi connectivity index (χ3n) is 2.99. The first-order valence-electron chi connectivity index (χ1n) is 6.38. The average Bonchev–Trinajstić information content (AvgIpc) is 3.21. The molecule has 7 nitrogen and oxygen atoms in total. The van der Waals surface area contributed by atoms with Crippen molar-refractivity contribution in [2.45, 2.75) is 12.5 Å². The molecule has 9 heteroatoms. The van der Waals surface area contributed by atoms with E-state index < -0.39 is 0 Å². The number of anilines is 1. The first kappa shape index (κ1) is 14.6. The molecule has 3 rings (SSSR count). The molecule has 0 aliphatic heterocycles. The van der Waals surface area contributed by atoms with Crippen LogP contribution in [0.3, 0.4) is 0 Å². The van der Waals surface area contributed by atoms with E-state index in [9.17, 15) is 4.79 Å². The van der Waals surface area contributed by atoms with Gasteiger partial charge in [-0.3, -0.25) is 4.79 Å². The van der Waals surface area contributed by atoms with Gasteiger partial charge in [0.25, 0.3) is 0 Å². The van der Waals surface area contributed by atoms with Gasteiger partial charge in [0, 0.05) is 6.20 Å². The summed E-state index contributed by atoms with van der Waals surface area (Å²) in [4.78, 5) is 16.3. The molecule has 0 radical (unpaired) electrons. The lowest BCUT2D eigenvalue weighted by Gasteiger charge is -2.14. The van der Waals surface area contributed by atoms with E-state index in [-0.39, 0.29) is 18.4 Å². The van der Waals surface area contributed by atoms with Crippen molar-refractivity contribution in [1.82, 2.24) is 25.2 Å². The number of tetrazole rings is 1. The minimum absolute atomic E-state index is 0.179. The highest BCUT2D eigenvalue weighted by Gasteiger charge is 2.20. The standard InChI is InChI=1S/C13H11ClN6OS/c14-10-1-2-12(15-6-10)17-13(21)5-11(9-3-4-22-7-9)20-8-16-18-19-20/h1-4,6-8,11H,5H2,(H,15,17,21)/t11-/m0/s1. The van der Waals surface area contributed by atoms with Gasteiger partial charge in [0.1, 0.15) is 12.1 Å². The molecule has 0 unspecified atom stereocenters. The molecule has 0 bridgehead atoms. The number of carbonyl (C=O) groups is 1. The zero-order valence-corrected chi connectivity index (χ0v) is 12.8. The number of hydrogen-bond donors (Lipinski definition) is 1. The fourth-order valence-electron chi connectivity index (χ4n) is 1.96. The number of thiophene rings is 1. The van der Waals surface area contributed by atoms with E-state index in [4.69, 9.17) is 11.6 Å². The number of hydrogen-bond acceptors (Lipinski definition) is 6. The molecule has 0 saturated heterocycles. The minimum Gasteiger partial charge on any atom is -0.311 e. The van der Waals surface area contributed by atoms with Crippen LogP contribution in [0.5, 0.6) is 0 Å². The molecule has 3 heterocycles. The van der Waals surface area contributed by atoms with Crippen LogP contribution in [0.1, 0.15) is 18.0 Å². The highest BCUT2D eigenvalue weighted by Crippen LogP contribution is 2.23. The molecule has 0 spiro atoms. The number of aromatic nitrogens is 5. The van der Waals surface area contributed by atoms with Gasteiger partial charge in [0.05, 0.1) is 17.5 Å². The van der Waals surface area contributed by atoms with Crippen LogP contribution in [0.25, 0.3) is 0 Å². The van der Waals surface area contributed by atoms with Crippen molar-refractivity contribution in [2.24, 2.45) is 0 Å². The Morgan fingerprint density at radius 1 is 1.41 bits per heavy atom. The summed E-state index contributed by atoms with van der Waals surface area (Å²) in [5.41, 5.74) is 0.983. The van der Waals surface area contributed by atoms with Gasteiger partial charge in [0.2, 0.25) is 5.91 Å². The topological polar surface area (TPSA) is 85.6 Å². The zero-order chi connectivity index (χ0) is 15.4. The summed E-state index contributed by atoms with van der Waals surface area (Å²) in [6.07, 6.45) is 3.18. The maximum atomic E-state index is 12.2. The van der Waals surface area contributed by atoms with Crippen molar-refractivity contribution in [3.05, 3.63) is 52.1 Å². The van der Waals surface area contributed by atoms with Crippen molar-refractivity contribution in [3.63, 3.8) is 0 Å². The molecular formula is C13H11ClN6OS. The number of carbonyl (C=O) groups excluding carboxylic acids is 1. The Labute approximate surface area is 134 Å². The van der Waals surface area contributed by atoms with Crippen LogP contribution in [0.2, 0.25) is 5.02 Å². The number of nitrogens with zero attached hydrogens (tertiary/aromatic N) is 5. The zero-order valence-electron chi connectivity index (χ0n) is 11.3. The molecule has 3 aromatic rings. The van der Waals surface area contributed by atoms with Crippen LogP contribution in [0.4, 0.5) is 5.82 Å². The van der Waals surface area contributed by atoms with Crippen molar-refractivity contribution < 1.29 is 4.79 Å². The van der Waals surface area contributed by atoms with E-state index in [1.165, 1.54) is 12.5 Å². The summed E-state index contributed by atoms with van der Waals surface area (Å²) >= 11 is 7.33. The lowest BCUT2D eigenvalue weighted by atomic mass is 10.1. The monoisotopic (exact) mass is 334 g/mol. The first-order chi connectivity index (χ1) is 10.7. The fraction of sp³-hybridized carbons (Fsp3) is 0.154. The third-order valence-corrected chi connectivity index (χ3v) is 3.91. The molecule has 22 heavy (non-hydrogen) atoms. The summed E-state index contributed by atoms with van der Waals surface area (Å²) in [6, 6.07) is 5.01. The summed E-state index contributed by atoms with van der Waals surface area (Å²) in [6.45, 7) is 0. The molecule has 3 aromatic heterocycles. The molecule has 0 aromatic carbocycles. The number of amides is 1. The molecule has 1 N–H and O–H groups in total. The summed E-state index contributed by atoms with van der Waals surface area (Å²) in [5, 5.41) is 18.3. The SMILES string of the molecule is O=C(C[C@@H](c1ccsc1)n1cnnn1)Nc1ccc(Cl)cn1. The van der Waals surface area contributed by atoms with E-state index in [2.05, 4.69) is 25.8 Å². The normalized spacial score (nSPS) is 12.0. The van der Waals surface area contributed by atoms with Gasteiger partial charge in [-0.1, -0.05) is 11.6 Å². The Kier molecular flexibility index (Phi) is 4.40. The number of halogens is 1. The van der Waals surface area contributed by atoms with E-state index in [1.807, 2.05) is 16.8 Å². The average molecular weight is 335 g/mol. The van der Waals surface area contributed by atoms with Crippen molar-refractivity contribution >= 4 is 34.7 Å². The van der Waals surface area contributed by atoms with E-state index >= 15 is 0 Å². The van der Waals surface area contributed by atoms with Gasteiger partial charge in [-0.25, -0.2) is 9.67 Å². The Bertz CT molecular complexity index is 694. The van der Waals surface area contributed by atoms with Crippen LogP contribution in [0.15, 0.2) is 41.5 Å². The fourth-order valence-corrected chi connectivity index (χ4v) is 2.78. The smallest absolute Gasteiger partial charge is 0.228 e. The van der Waals surface area contributed by atoms with E-state index in [0.29, 0.717) is 10.8 Å². The van der Waals surface area contributed by atoms with Crippen LogP contribution >= 0.6 is 22.9 Å². The maximum absolute atomic E-state index is 12.2. The van der Waals surface area contributed by atoms with Gasteiger partial charge >= 0.3 is 0 Å². The Morgan fingerprint density at radius 2 is 2.32 bits per heavy atom. The van der Waals surface area contributed by atoms with Crippen molar-refractivity contribution in [1.29, 1.82) is 0 Å². The molecule has 0 aliphatic rings. The second-order valence-electron chi connectivity index (χ2n) is 4.48. The summed E-state index contributed by atoms with van der Waals surface area (Å²) in [5.74, 6) is 0.275. The van der Waals surface area contributed by atoms with Crippen LogP contribution in [0, 0.1) is 0 Å². The lowest BCUT2D eigenvalue weighted by Crippen LogP contribution is -2.21. The maximum Gasteiger partial charge on any atom is 0.228 e. The lowest BCUT2D eigenvalue weighted by molar-refractivity contribution is -0.116. The number of pyridine rings is 1. The van der Waals surface area contributed by atoms with Gasteiger partial charge in [-0.05, 0) is 44.9 Å². The largest absolute Gasteiger partial charge is 0.311 e. The Morgan fingerprint density at radius 3 is 2.95 bits per heavy atom. The van der Waals surface area contributed by atoms with Gasteiger partial charge < -0.3 is 5.32 Å². The van der Waals surface area contributed by atoms with Gasteiger partial charge in [-0.15, -0.1) is 5.10 Å². The molecular weight excluding hydrogens is 324 g/mol. The highest BCUT2D eigenvalue weighted by molar-refractivity contribution is 7.08. The van der Waals surface area contributed by atoms with Crippen molar-refractivity contribution in [2.75, 3.05) is 5.32 Å². The van der Waals surface area contributed by atoms with Crippen LogP contribution < -0.4 is 5.32 Å². The van der Waals surface area contributed by atoms with Crippen LogP contribution in [-0.2, 0) is 4.79 Å². The minimum atomic E-state index is -0.256. The Balaban J connectivity index is 1.73. The molecule has 0 fully saturated rings. The predicted molar refractivity (Wildman–Crippen MR) is 82.8 cm³/mol. The number of rotatable bonds is 5. The molecule has 1 atom stereocenters. The molecule has 0 aliphatic carbocycles. The third kappa shape index (κ3) is 3.46. The highest BCUT2D eigenvalue weighted by atomic mass is 35.5. The van der Waals surface area contributed by atoms with Crippen LogP contribution in [-0.4, -0.2) is 31.1 Å². The second-order valence-corrected chi connectivity index (χ2v) is 5.69. The quantitative estimate of drug-likeness (QED) is 0.774. The molecule has 0 saturated carbocycles. The Hall–Kier alpha value is -2.32. The van der Waals surface area contributed by atoms with Gasteiger partial charge in [0.15, 0.2) is 0 Å². The van der Waals surface area contributed by atoms with Crippen molar-refractivity contribution in [3.8, 4) is 0 Å². The summed E-state index contributed by atoms with van der Waals surface area (Å²) < 4.78 is 1.57. The first-order valence-corrected chi connectivity index (χ1v) is 7.70. The molecule has 112 valence electrons. The van der Waals surface area contributed by atoms with E-state index in [0.717, 1.165) is 5.56 Å².